The van der Waals surface area contributed by atoms with Crippen LogP contribution in [0.15, 0.2) is 0 Å². The number of halogens is 9. The Morgan fingerprint density at radius 2 is 1.09 bits per heavy atom. The average molecular weight is 350 g/mol. The van der Waals surface area contributed by atoms with Crippen molar-refractivity contribution in [3.05, 3.63) is 0 Å². The van der Waals surface area contributed by atoms with Gasteiger partial charge in [-0.2, -0.15) is 59.1 Å². The molecule has 0 amide bonds. The summed E-state index contributed by atoms with van der Waals surface area (Å²) in [4.78, 5) is 23.9. The molecule has 0 atom stereocenters. The molecule has 0 unspecified atom stereocenters. The molecule has 0 N–H and O–H groups in total. The molecule has 2 aliphatic heterocycles. The van der Waals surface area contributed by atoms with E-state index in [1.54, 1.807) is 0 Å². The first-order valence-corrected chi connectivity index (χ1v) is 4.82. The fourth-order valence-electron chi connectivity index (χ4n) is 1.33. The summed E-state index contributed by atoms with van der Waals surface area (Å²) in [7, 11) is 0. The quantitative estimate of drug-likeness (QED) is 0.333. The van der Waals surface area contributed by atoms with Crippen LogP contribution < -0.4 is 0 Å². The predicted molar refractivity (Wildman–Crippen MR) is 39.8 cm³/mol. The second-order valence-corrected chi connectivity index (χ2v) is 3.95. The summed E-state index contributed by atoms with van der Waals surface area (Å²) in [6.45, 7) is -3.80. The lowest BCUT2D eigenvalue weighted by Crippen LogP contribution is -2.63. The van der Waals surface area contributed by atoms with Crippen molar-refractivity contribution < 1.29 is 68.5 Å². The number of rotatable bonds is 3. The fourth-order valence-corrected chi connectivity index (χ4v) is 1.33. The third kappa shape index (κ3) is 2.48. The minimum absolute atomic E-state index is 3.22. The van der Waals surface area contributed by atoms with Crippen LogP contribution in [0.25, 0.3) is 0 Å². The van der Waals surface area contributed by atoms with Crippen LogP contribution in [0, 0.1) is 0 Å². The second kappa shape index (κ2) is 4.39. The largest absolute Gasteiger partial charge is 0.527 e. The van der Waals surface area contributed by atoms with Gasteiger partial charge in [0.1, 0.15) is 0 Å². The molecule has 6 nitrogen and oxygen atoms in total. The van der Waals surface area contributed by atoms with Crippen LogP contribution in [0.4, 0.5) is 39.5 Å². The third-order valence-corrected chi connectivity index (χ3v) is 2.46. The summed E-state index contributed by atoms with van der Waals surface area (Å²) >= 11 is 0. The highest BCUT2D eigenvalue weighted by atomic mass is 19.4. The van der Waals surface area contributed by atoms with Gasteiger partial charge in [-0.25, -0.2) is 4.79 Å². The molecule has 2 aliphatic rings. The van der Waals surface area contributed by atoms with Gasteiger partial charge in [-0.3, -0.25) is 0 Å². The molecule has 2 saturated heterocycles. The molecule has 2 heterocycles. The van der Waals surface area contributed by atoms with Crippen molar-refractivity contribution in [3.8, 4) is 0 Å². The predicted octanol–water partition coefficient (Wildman–Crippen LogP) is 1.60. The Balaban J connectivity index is 2.38. The zero-order chi connectivity index (χ0) is 17.2. The van der Waals surface area contributed by atoms with E-state index >= 15 is 0 Å². The summed E-state index contributed by atoms with van der Waals surface area (Å²) in [6.07, 6.45) is -17.5. The Labute approximate surface area is 112 Å². The Bertz CT molecular complexity index is 444. The van der Waals surface area contributed by atoms with Crippen LogP contribution in [-0.4, -0.2) is 42.8 Å². The molecule has 16 heteroatoms. The van der Waals surface area contributed by atoms with Crippen molar-refractivity contribution in [1.29, 1.82) is 0 Å². The Hall–Kier alpha value is -1.26. The van der Waals surface area contributed by atoms with Gasteiger partial charge in [0.2, 0.25) is 0 Å². The topological polar surface area (TPSA) is 76.4 Å². The zero-order valence-electron chi connectivity index (χ0n) is 9.43. The van der Waals surface area contributed by atoms with Gasteiger partial charge in [-0.05, 0) is 0 Å². The molecule has 0 aromatic carbocycles. The molecule has 2 rings (SSSR count). The molecule has 22 heavy (non-hydrogen) atoms. The van der Waals surface area contributed by atoms with E-state index in [9.17, 15) is 44.3 Å². The van der Waals surface area contributed by atoms with Crippen LogP contribution in [-0.2, 0) is 29.0 Å². The Kier molecular flexibility index (Phi) is 3.41. The average Bonchev–Trinajstić information content (AvgIpc) is 3.14. The van der Waals surface area contributed by atoms with E-state index in [0.29, 0.717) is 0 Å². The molecule has 0 aliphatic carbocycles. The van der Waals surface area contributed by atoms with Gasteiger partial charge < -0.3 is 4.65 Å². The Morgan fingerprint density at radius 3 is 1.27 bits per heavy atom. The van der Waals surface area contributed by atoms with Crippen LogP contribution in [0.3, 0.4) is 0 Å². The third-order valence-electron chi connectivity index (χ3n) is 2.46. The maximum Gasteiger partial charge on any atom is 0.527 e. The van der Waals surface area contributed by atoms with E-state index in [4.69, 9.17) is 0 Å². The first kappa shape index (κ1) is 17.1. The van der Waals surface area contributed by atoms with Gasteiger partial charge in [0.15, 0.2) is 0 Å². The van der Waals surface area contributed by atoms with Crippen molar-refractivity contribution in [2.24, 2.45) is 0 Å². The van der Waals surface area contributed by atoms with Crippen molar-refractivity contribution in [2.75, 3.05) is 0 Å². The summed E-state index contributed by atoms with van der Waals surface area (Å²) in [5.74, 6) is -3.36. The van der Waals surface area contributed by atoms with E-state index < -0.39 is 42.8 Å². The van der Waals surface area contributed by atoms with Crippen LogP contribution in [0.2, 0.25) is 0 Å². The van der Waals surface area contributed by atoms with Gasteiger partial charge in [-0.15, -0.1) is 0 Å². The number of alkyl halides is 9. The van der Waals surface area contributed by atoms with Crippen molar-refractivity contribution in [2.45, 2.75) is 29.9 Å². The second-order valence-electron chi connectivity index (χ2n) is 3.95. The maximum atomic E-state index is 12.6. The first-order chi connectivity index (χ1) is 9.67. The molecule has 0 aromatic heterocycles. The van der Waals surface area contributed by atoms with Crippen molar-refractivity contribution in [3.63, 3.8) is 0 Å². The molecular weight excluding hydrogens is 350 g/mol. The van der Waals surface area contributed by atoms with E-state index in [2.05, 4.69) is 24.2 Å². The van der Waals surface area contributed by atoms with Crippen molar-refractivity contribution in [1.82, 2.24) is 0 Å². The molecule has 0 aromatic rings. The lowest BCUT2D eigenvalue weighted by atomic mass is 9.52. The minimum Gasteiger partial charge on any atom is -0.518 e. The smallest absolute Gasteiger partial charge is 0.518 e. The van der Waals surface area contributed by atoms with Gasteiger partial charge in [0.05, 0.1) is 0 Å². The maximum absolute atomic E-state index is 12.6. The zero-order valence-corrected chi connectivity index (χ0v) is 9.43. The van der Waals surface area contributed by atoms with E-state index in [1.165, 1.54) is 0 Å². The molecular formula is C6BF9O6. The Morgan fingerprint density at radius 1 is 0.773 bits per heavy atom. The van der Waals surface area contributed by atoms with E-state index in [0.717, 1.165) is 0 Å². The van der Waals surface area contributed by atoms with E-state index in [-0.39, 0.29) is 0 Å². The molecule has 0 saturated carbocycles. The monoisotopic (exact) mass is 350 g/mol. The highest BCUT2D eigenvalue weighted by Crippen LogP contribution is 2.57. The molecule has 126 valence electrons. The van der Waals surface area contributed by atoms with Gasteiger partial charge in [0, 0.05) is 0 Å². The SMILES string of the molecule is O=C(OB(C1(C(F)(F)F)OO1)C1(C(F)(F)F)OO1)C(F)(F)F. The van der Waals surface area contributed by atoms with Gasteiger partial charge in [0.25, 0.3) is 0 Å². The summed E-state index contributed by atoms with van der Waals surface area (Å²) < 4.78 is 115. The first-order valence-electron chi connectivity index (χ1n) is 4.82. The molecule has 0 bridgehead atoms. The molecule has 0 radical (unpaired) electrons. The molecule has 0 spiro atoms. The number of hydrogen-bond donors (Lipinski definition) is 0. The fraction of sp³-hybridized carbons (Fsp3) is 0.833. The van der Waals surface area contributed by atoms with Crippen molar-refractivity contribution >= 4 is 12.9 Å². The summed E-state index contributed by atoms with van der Waals surface area (Å²) in [6, 6.07) is 0. The van der Waals surface area contributed by atoms with Gasteiger partial charge in [-0.1, -0.05) is 0 Å². The highest BCUT2D eigenvalue weighted by Gasteiger charge is 2.94. The van der Waals surface area contributed by atoms with Crippen LogP contribution >= 0.6 is 0 Å². The lowest BCUT2D eigenvalue weighted by Gasteiger charge is -2.23. The highest BCUT2D eigenvalue weighted by molar-refractivity contribution is 6.61. The normalized spacial score (nSPS) is 23.0. The lowest BCUT2D eigenvalue weighted by molar-refractivity contribution is -0.203. The number of hydrogen-bond acceptors (Lipinski definition) is 6. The summed E-state index contributed by atoms with van der Waals surface area (Å²) in [5.41, 5.74) is -8.61. The van der Waals surface area contributed by atoms with Crippen LogP contribution in [0.5, 0.6) is 0 Å². The number of carbonyl (C=O) groups excluding carboxylic acids is 1. The standard InChI is InChI=1S/C6BF9O6/c8-2(9,10)1(17)18-7(3(19-20-3)5(11,12)13)4(21-22-4)6(14,15)16. The summed E-state index contributed by atoms with van der Waals surface area (Å²) in [5, 5.41) is 0. The molecule has 2 fully saturated rings. The van der Waals surface area contributed by atoms with E-state index in [1.807, 2.05) is 0 Å². The minimum atomic E-state index is -5.89. The number of carbonyl (C=O) groups is 1. The van der Waals surface area contributed by atoms with Crippen LogP contribution in [0.1, 0.15) is 0 Å². The van der Waals surface area contributed by atoms with Gasteiger partial charge >= 0.3 is 42.8 Å².